The van der Waals surface area contributed by atoms with E-state index in [-0.39, 0.29) is 0 Å². The highest BCUT2D eigenvalue weighted by Crippen LogP contribution is 2.11. The average Bonchev–Trinajstić information content (AvgIpc) is 2.32. The van der Waals surface area contributed by atoms with Crippen LogP contribution in [0.2, 0.25) is 0 Å². The Morgan fingerprint density at radius 2 is 2.14 bits per heavy atom. The highest BCUT2D eigenvalue weighted by molar-refractivity contribution is 7.91. The van der Waals surface area contributed by atoms with E-state index in [2.05, 4.69) is 5.32 Å². The van der Waals surface area contributed by atoms with Gasteiger partial charge >= 0.3 is 5.76 Å². The molecule has 1 aliphatic rings. The maximum absolute atomic E-state index is 12.0. The van der Waals surface area contributed by atoms with Crippen molar-refractivity contribution in [3.63, 3.8) is 0 Å². The van der Waals surface area contributed by atoms with E-state index < -0.39 is 27.5 Å². The molecule has 1 unspecified atom stereocenters. The standard InChI is InChI=1S/C7H13F2NO3S/c8-7(9)14(11,12)5-6-1-2-10-3-4-13-6/h6-7,10H,1-5H2. The molecule has 0 bridgehead atoms. The number of sulfone groups is 1. The summed E-state index contributed by atoms with van der Waals surface area (Å²) in [5.41, 5.74) is 0. The third kappa shape index (κ3) is 3.47. The van der Waals surface area contributed by atoms with Crippen LogP contribution < -0.4 is 5.32 Å². The van der Waals surface area contributed by atoms with Crippen LogP contribution in [-0.4, -0.2) is 45.7 Å². The van der Waals surface area contributed by atoms with Crippen LogP contribution in [0.15, 0.2) is 0 Å². The van der Waals surface area contributed by atoms with E-state index in [4.69, 9.17) is 4.74 Å². The van der Waals surface area contributed by atoms with Gasteiger partial charge in [0.15, 0.2) is 0 Å². The summed E-state index contributed by atoms with van der Waals surface area (Å²) in [6.07, 6.45) is -0.157. The van der Waals surface area contributed by atoms with Crippen molar-refractivity contribution < 1.29 is 21.9 Å². The second-order valence-electron chi connectivity index (χ2n) is 3.12. The van der Waals surface area contributed by atoms with Crippen molar-refractivity contribution in [2.24, 2.45) is 0 Å². The van der Waals surface area contributed by atoms with Gasteiger partial charge in [-0.25, -0.2) is 8.42 Å². The summed E-state index contributed by atoms with van der Waals surface area (Å²) >= 11 is 0. The Balaban J connectivity index is 2.50. The summed E-state index contributed by atoms with van der Waals surface area (Å²) in [5, 5.41) is 2.98. The zero-order chi connectivity index (χ0) is 10.6. The van der Waals surface area contributed by atoms with Gasteiger partial charge in [0.25, 0.3) is 0 Å². The SMILES string of the molecule is O=S(=O)(CC1CCNCCO1)C(F)F. The fourth-order valence-corrected chi connectivity index (χ4v) is 2.16. The van der Waals surface area contributed by atoms with Gasteiger partial charge in [0.05, 0.1) is 18.5 Å². The summed E-state index contributed by atoms with van der Waals surface area (Å²) in [5.74, 6) is -3.89. The van der Waals surface area contributed by atoms with Crippen molar-refractivity contribution in [3.05, 3.63) is 0 Å². The van der Waals surface area contributed by atoms with Crippen LogP contribution in [0.3, 0.4) is 0 Å². The van der Waals surface area contributed by atoms with Gasteiger partial charge < -0.3 is 10.1 Å². The number of hydrogen-bond acceptors (Lipinski definition) is 4. The van der Waals surface area contributed by atoms with E-state index >= 15 is 0 Å². The lowest BCUT2D eigenvalue weighted by molar-refractivity contribution is 0.0791. The van der Waals surface area contributed by atoms with Gasteiger partial charge in [-0.2, -0.15) is 8.78 Å². The maximum atomic E-state index is 12.0. The van der Waals surface area contributed by atoms with E-state index in [1.54, 1.807) is 0 Å². The van der Waals surface area contributed by atoms with E-state index in [1.807, 2.05) is 0 Å². The topological polar surface area (TPSA) is 55.4 Å². The molecule has 0 aromatic rings. The molecule has 0 aliphatic carbocycles. The van der Waals surface area contributed by atoms with Crippen molar-refractivity contribution in [1.82, 2.24) is 5.32 Å². The summed E-state index contributed by atoms with van der Waals surface area (Å²) < 4.78 is 50.9. The third-order valence-electron chi connectivity index (χ3n) is 1.97. The first kappa shape index (κ1) is 11.8. The molecule has 1 saturated heterocycles. The van der Waals surface area contributed by atoms with E-state index in [0.29, 0.717) is 26.1 Å². The molecule has 14 heavy (non-hydrogen) atoms. The lowest BCUT2D eigenvalue weighted by Gasteiger charge is -2.13. The molecule has 0 aromatic heterocycles. The second kappa shape index (κ2) is 4.99. The monoisotopic (exact) mass is 229 g/mol. The quantitative estimate of drug-likeness (QED) is 0.740. The average molecular weight is 229 g/mol. The molecular weight excluding hydrogens is 216 g/mol. The van der Waals surface area contributed by atoms with Crippen molar-refractivity contribution in [2.75, 3.05) is 25.4 Å². The highest BCUT2D eigenvalue weighted by Gasteiger charge is 2.28. The summed E-state index contributed by atoms with van der Waals surface area (Å²) in [4.78, 5) is 0. The molecular formula is C7H13F2NO3S. The van der Waals surface area contributed by atoms with E-state index in [9.17, 15) is 17.2 Å². The van der Waals surface area contributed by atoms with Crippen LogP contribution in [0, 0.1) is 0 Å². The first-order valence-electron chi connectivity index (χ1n) is 4.34. The number of rotatable bonds is 3. The molecule has 0 aromatic carbocycles. The Hall–Kier alpha value is -0.270. The van der Waals surface area contributed by atoms with Crippen LogP contribution >= 0.6 is 0 Å². The Morgan fingerprint density at radius 1 is 1.43 bits per heavy atom. The van der Waals surface area contributed by atoms with Crippen molar-refractivity contribution in [2.45, 2.75) is 18.3 Å². The number of nitrogens with one attached hydrogen (secondary N) is 1. The largest absolute Gasteiger partial charge is 0.376 e. The number of alkyl halides is 2. The van der Waals surface area contributed by atoms with E-state index in [1.165, 1.54) is 0 Å². The molecule has 1 atom stereocenters. The van der Waals surface area contributed by atoms with Crippen molar-refractivity contribution in [1.29, 1.82) is 0 Å². The van der Waals surface area contributed by atoms with Crippen molar-refractivity contribution >= 4 is 9.84 Å². The van der Waals surface area contributed by atoms with Gasteiger partial charge in [-0.15, -0.1) is 0 Å². The first-order valence-corrected chi connectivity index (χ1v) is 6.06. The molecule has 4 nitrogen and oxygen atoms in total. The van der Waals surface area contributed by atoms with Gasteiger partial charge in [-0.05, 0) is 13.0 Å². The zero-order valence-electron chi connectivity index (χ0n) is 7.58. The minimum atomic E-state index is -4.30. The van der Waals surface area contributed by atoms with Gasteiger partial charge in [0, 0.05) is 6.54 Å². The van der Waals surface area contributed by atoms with Crippen LogP contribution in [0.25, 0.3) is 0 Å². The van der Waals surface area contributed by atoms with Gasteiger partial charge in [0.1, 0.15) is 0 Å². The lowest BCUT2D eigenvalue weighted by Crippen LogP contribution is -2.28. The van der Waals surface area contributed by atoms with Crippen LogP contribution in [-0.2, 0) is 14.6 Å². The molecule has 1 N–H and O–H groups in total. The summed E-state index contributed by atoms with van der Waals surface area (Å²) in [7, 11) is -4.30. The number of hydrogen-bond donors (Lipinski definition) is 1. The second-order valence-corrected chi connectivity index (χ2v) is 5.14. The first-order chi connectivity index (χ1) is 6.52. The zero-order valence-corrected chi connectivity index (χ0v) is 8.40. The predicted octanol–water partition coefficient (Wildman–Crippen LogP) is 0.00230. The molecule has 1 heterocycles. The smallest absolute Gasteiger partial charge is 0.336 e. The molecule has 1 fully saturated rings. The molecule has 0 amide bonds. The predicted molar refractivity (Wildman–Crippen MR) is 47.0 cm³/mol. The summed E-state index contributed by atoms with van der Waals surface area (Å²) in [6, 6.07) is 0. The fourth-order valence-electron chi connectivity index (χ4n) is 1.23. The minimum Gasteiger partial charge on any atom is -0.376 e. The number of ether oxygens (including phenoxy) is 1. The van der Waals surface area contributed by atoms with Crippen LogP contribution in [0.1, 0.15) is 6.42 Å². The molecule has 1 aliphatic heterocycles. The van der Waals surface area contributed by atoms with Crippen molar-refractivity contribution in [3.8, 4) is 0 Å². The molecule has 1 rings (SSSR count). The lowest BCUT2D eigenvalue weighted by atomic mass is 10.3. The van der Waals surface area contributed by atoms with Crippen LogP contribution in [0.4, 0.5) is 8.78 Å². The Kier molecular flexibility index (Phi) is 4.21. The third-order valence-corrected chi connectivity index (χ3v) is 3.34. The minimum absolute atomic E-state index is 0.365. The van der Waals surface area contributed by atoms with Gasteiger partial charge in [-0.3, -0.25) is 0 Å². The number of halogens is 2. The van der Waals surface area contributed by atoms with Gasteiger partial charge in [0.2, 0.25) is 9.84 Å². The molecule has 7 heteroatoms. The summed E-state index contributed by atoms with van der Waals surface area (Å²) in [6.45, 7) is 1.60. The molecule has 0 saturated carbocycles. The Bertz CT molecular complexity index is 260. The normalized spacial score (nSPS) is 24.9. The Labute approximate surface area is 81.5 Å². The van der Waals surface area contributed by atoms with Gasteiger partial charge in [-0.1, -0.05) is 0 Å². The van der Waals surface area contributed by atoms with E-state index in [0.717, 1.165) is 0 Å². The maximum Gasteiger partial charge on any atom is 0.336 e. The highest BCUT2D eigenvalue weighted by atomic mass is 32.2. The Morgan fingerprint density at radius 3 is 2.79 bits per heavy atom. The van der Waals surface area contributed by atoms with Crippen LogP contribution in [0.5, 0.6) is 0 Å². The molecule has 0 radical (unpaired) electrons. The molecule has 84 valence electrons. The fraction of sp³-hybridized carbons (Fsp3) is 1.00. The molecule has 0 spiro atoms.